The minimum atomic E-state index is 0.329. The number of nitrogens with zero attached hydrogens (tertiary/aromatic N) is 3. The average molecular weight is 296 g/mol. The van der Waals surface area contributed by atoms with Gasteiger partial charge in [-0.25, -0.2) is 9.97 Å². The molecule has 0 radical (unpaired) electrons. The molecule has 0 aliphatic rings. The van der Waals surface area contributed by atoms with Crippen LogP contribution in [0.1, 0.15) is 44.5 Å². The molecule has 114 valence electrons. The number of hydrogen-bond acceptors (Lipinski definition) is 5. The molecule has 20 heavy (non-hydrogen) atoms. The summed E-state index contributed by atoms with van der Waals surface area (Å²) < 4.78 is 0. The largest absolute Gasteiger partial charge is 0.373 e. The van der Waals surface area contributed by atoms with Crippen LogP contribution in [0.4, 0.5) is 11.6 Å². The highest BCUT2D eigenvalue weighted by Gasteiger charge is 2.20. The van der Waals surface area contributed by atoms with Crippen molar-refractivity contribution < 1.29 is 0 Å². The van der Waals surface area contributed by atoms with Crippen LogP contribution in [0.15, 0.2) is 0 Å². The van der Waals surface area contributed by atoms with Crippen LogP contribution in [-0.2, 0) is 0 Å². The molecule has 1 rings (SSSR count). The quantitative estimate of drug-likeness (QED) is 0.833. The van der Waals surface area contributed by atoms with E-state index in [-0.39, 0.29) is 0 Å². The second-order valence-corrected chi connectivity index (χ2v) is 6.32. The number of anilines is 2. The van der Waals surface area contributed by atoms with Gasteiger partial charge in [-0.1, -0.05) is 20.8 Å². The first-order valence-electron chi connectivity index (χ1n) is 7.24. The number of rotatable bonds is 7. The van der Waals surface area contributed by atoms with Gasteiger partial charge in [0.15, 0.2) is 0 Å². The molecule has 0 bridgehead atoms. The normalized spacial score (nSPS) is 12.6. The third-order valence-corrected chi connectivity index (χ3v) is 4.32. The van der Waals surface area contributed by atoms with Crippen molar-refractivity contribution in [3.8, 4) is 0 Å². The van der Waals surface area contributed by atoms with Crippen LogP contribution in [0.2, 0.25) is 0 Å². The Morgan fingerprint density at radius 1 is 1.30 bits per heavy atom. The van der Waals surface area contributed by atoms with Crippen molar-refractivity contribution >= 4 is 23.4 Å². The summed E-state index contributed by atoms with van der Waals surface area (Å²) in [4.78, 5) is 11.7. The molecule has 1 aromatic rings. The van der Waals surface area contributed by atoms with Crippen LogP contribution in [0.5, 0.6) is 0 Å². The zero-order valence-electron chi connectivity index (χ0n) is 13.8. The zero-order chi connectivity index (χ0) is 15.3. The predicted octanol–water partition coefficient (Wildman–Crippen LogP) is 3.53. The molecule has 1 unspecified atom stereocenters. The van der Waals surface area contributed by atoms with Gasteiger partial charge in [-0.05, 0) is 19.6 Å². The van der Waals surface area contributed by atoms with Crippen molar-refractivity contribution in [3.05, 3.63) is 11.4 Å². The number of aromatic nitrogens is 2. The SMILES string of the molecule is CCC(CSC)N(C)c1nc(C(C)C)nc(NC)c1C. The molecule has 0 aliphatic heterocycles. The topological polar surface area (TPSA) is 41.1 Å². The highest BCUT2D eigenvalue weighted by atomic mass is 32.2. The van der Waals surface area contributed by atoms with E-state index >= 15 is 0 Å². The van der Waals surface area contributed by atoms with Gasteiger partial charge >= 0.3 is 0 Å². The molecule has 0 aromatic carbocycles. The van der Waals surface area contributed by atoms with Crippen molar-refractivity contribution in [2.24, 2.45) is 0 Å². The summed E-state index contributed by atoms with van der Waals surface area (Å²) in [5.74, 6) is 4.33. The van der Waals surface area contributed by atoms with Crippen molar-refractivity contribution in [1.82, 2.24) is 9.97 Å². The number of hydrogen-bond donors (Lipinski definition) is 1. The summed E-state index contributed by atoms with van der Waals surface area (Å²) in [7, 11) is 4.06. The Hall–Kier alpha value is -0.970. The van der Waals surface area contributed by atoms with Gasteiger partial charge in [-0.15, -0.1) is 0 Å². The molecular weight excluding hydrogens is 268 g/mol. The van der Waals surface area contributed by atoms with E-state index in [1.165, 1.54) is 0 Å². The summed E-state index contributed by atoms with van der Waals surface area (Å²) in [5, 5.41) is 3.19. The van der Waals surface area contributed by atoms with E-state index in [1.54, 1.807) is 0 Å². The second-order valence-electron chi connectivity index (χ2n) is 5.41. The molecule has 0 amide bonds. The van der Waals surface area contributed by atoms with E-state index in [4.69, 9.17) is 4.98 Å². The van der Waals surface area contributed by atoms with Crippen LogP contribution in [0.3, 0.4) is 0 Å². The summed E-state index contributed by atoms with van der Waals surface area (Å²) in [6, 6.07) is 0.503. The minimum Gasteiger partial charge on any atom is -0.373 e. The first kappa shape index (κ1) is 17.1. The van der Waals surface area contributed by atoms with Gasteiger partial charge in [-0.2, -0.15) is 11.8 Å². The van der Waals surface area contributed by atoms with E-state index in [1.807, 2.05) is 18.8 Å². The predicted molar refractivity (Wildman–Crippen MR) is 91.3 cm³/mol. The van der Waals surface area contributed by atoms with Crippen LogP contribution in [-0.4, -0.2) is 42.1 Å². The van der Waals surface area contributed by atoms with Crippen LogP contribution >= 0.6 is 11.8 Å². The van der Waals surface area contributed by atoms with E-state index in [0.717, 1.165) is 35.2 Å². The third kappa shape index (κ3) is 3.78. The lowest BCUT2D eigenvalue weighted by atomic mass is 10.1. The Labute approximate surface area is 127 Å². The van der Waals surface area contributed by atoms with Crippen molar-refractivity contribution in [2.75, 3.05) is 36.3 Å². The Balaban J connectivity index is 3.23. The van der Waals surface area contributed by atoms with Gasteiger partial charge in [-0.3, -0.25) is 0 Å². The monoisotopic (exact) mass is 296 g/mol. The molecule has 1 heterocycles. The van der Waals surface area contributed by atoms with Gasteiger partial charge in [0.05, 0.1) is 0 Å². The third-order valence-electron chi connectivity index (χ3n) is 3.60. The standard InChI is InChI=1S/C15H28N4S/c1-8-12(9-20-7)19(6)15-11(4)14(16-5)17-13(18-15)10(2)3/h10,12H,8-9H2,1-7H3,(H,16,17,18). The van der Waals surface area contributed by atoms with Crippen LogP contribution in [0, 0.1) is 6.92 Å². The lowest BCUT2D eigenvalue weighted by Gasteiger charge is -2.30. The van der Waals surface area contributed by atoms with Crippen molar-refractivity contribution in [1.29, 1.82) is 0 Å². The fourth-order valence-electron chi connectivity index (χ4n) is 2.24. The minimum absolute atomic E-state index is 0.329. The Kier molecular flexibility index (Phi) is 6.59. The Morgan fingerprint density at radius 3 is 2.40 bits per heavy atom. The number of nitrogens with one attached hydrogen (secondary N) is 1. The van der Waals surface area contributed by atoms with Crippen molar-refractivity contribution in [2.45, 2.75) is 46.1 Å². The first-order valence-corrected chi connectivity index (χ1v) is 8.63. The molecule has 0 spiro atoms. The molecule has 1 aromatic heterocycles. The molecule has 1 N–H and O–H groups in total. The molecule has 0 saturated heterocycles. The fraction of sp³-hybridized carbons (Fsp3) is 0.733. The van der Waals surface area contributed by atoms with Gasteiger partial charge < -0.3 is 10.2 Å². The molecule has 0 saturated carbocycles. The Bertz CT molecular complexity index is 434. The summed E-state index contributed by atoms with van der Waals surface area (Å²) in [6.45, 7) is 8.59. The first-order chi connectivity index (χ1) is 9.46. The zero-order valence-corrected chi connectivity index (χ0v) is 14.6. The smallest absolute Gasteiger partial charge is 0.137 e. The fourth-order valence-corrected chi connectivity index (χ4v) is 3.08. The second kappa shape index (κ2) is 7.72. The molecule has 5 heteroatoms. The Morgan fingerprint density at radius 2 is 1.95 bits per heavy atom. The summed E-state index contributed by atoms with van der Waals surface area (Å²) in [5.41, 5.74) is 1.12. The molecule has 0 fully saturated rings. The molecule has 0 aliphatic carbocycles. The van der Waals surface area contributed by atoms with Gasteiger partial charge in [0.2, 0.25) is 0 Å². The maximum atomic E-state index is 4.80. The summed E-state index contributed by atoms with van der Waals surface area (Å²) in [6.07, 6.45) is 3.27. The number of thioether (sulfide) groups is 1. The van der Waals surface area contributed by atoms with Crippen LogP contribution in [0.25, 0.3) is 0 Å². The highest BCUT2D eigenvalue weighted by Crippen LogP contribution is 2.27. The van der Waals surface area contributed by atoms with Gasteiger partial charge in [0.25, 0.3) is 0 Å². The van der Waals surface area contributed by atoms with E-state index < -0.39 is 0 Å². The van der Waals surface area contributed by atoms with E-state index in [9.17, 15) is 0 Å². The lowest BCUT2D eigenvalue weighted by molar-refractivity contribution is 0.656. The molecular formula is C15H28N4S. The van der Waals surface area contributed by atoms with E-state index in [0.29, 0.717) is 12.0 Å². The van der Waals surface area contributed by atoms with Gasteiger partial charge in [0.1, 0.15) is 17.5 Å². The maximum absolute atomic E-state index is 4.80. The maximum Gasteiger partial charge on any atom is 0.137 e. The van der Waals surface area contributed by atoms with Crippen molar-refractivity contribution in [3.63, 3.8) is 0 Å². The average Bonchev–Trinajstić information content (AvgIpc) is 2.44. The molecule has 1 atom stereocenters. The highest BCUT2D eigenvalue weighted by molar-refractivity contribution is 7.98. The van der Waals surface area contributed by atoms with E-state index in [2.05, 4.69) is 56.2 Å². The lowest BCUT2D eigenvalue weighted by Crippen LogP contribution is -2.34. The molecule has 4 nitrogen and oxygen atoms in total. The summed E-state index contributed by atoms with van der Waals surface area (Å²) >= 11 is 1.88. The van der Waals surface area contributed by atoms with Crippen LogP contribution < -0.4 is 10.2 Å². The van der Waals surface area contributed by atoms with Gasteiger partial charge in [0, 0.05) is 37.4 Å².